The van der Waals surface area contributed by atoms with Crippen LogP contribution in [0.2, 0.25) is 0 Å². The van der Waals surface area contributed by atoms with Crippen LogP contribution in [0.15, 0.2) is 0 Å². The number of hydrogen-bond donors (Lipinski definition) is 5. The van der Waals surface area contributed by atoms with Gasteiger partial charge in [0.15, 0.2) is 0 Å². The average Bonchev–Trinajstić information content (AvgIpc) is 2.15. The van der Waals surface area contributed by atoms with Crippen LogP contribution in [-0.2, 0) is 4.74 Å². The fraction of sp³-hybridized carbons (Fsp3) is 1.00. The van der Waals surface area contributed by atoms with Gasteiger partial charge in [-0.2, -0.15) is 0 Å². The number of aliphatic hydroxyl groups excluding tert-OH is 5. The molecule has 0 saturated carbocycles. The summed E-state index contributed by atoms with van der Waals surface area (Å²) in [7, 11) is 0. The highest BCUT2D eigenvalue weighted by Gasteiger charge is 2.42. The van der Waals surface area contributed by atoms with Gasteiger partial charge in [-0.25, -0.2) is 0 Å². The standard InChI is InChI=1S/C7H14O6/c8-1-3-5(10)7(12)6(11)4(2-9)13-3/h3-12H,1-2H2/t3-,4?,5-,6-,7+/m1/s1. The molecule has 78 valence electrons. The zero-order valence-electron chi connectivity index (χ0n) is 6.95. The smallest absolute Gasteiger partial charge is 0.111 e. The monoisotopic (exact) mass is 194 g/mol. The Balaban J connectivity index is 2.66. The molecule has 1 saturated heterocycles. The van der Waals surface area contributed by atoms with E-state index in [0.29, 0.717) is 0 Å². The maximum Gasteiger partial charge on any atom is 0.111 e. The lowest BCUT2D eigenvalue weighted by molar-refractivity contribution is -0.235. The number of ether oxygens (including phenoxy) is 1. The van der Waals surface area contributed by atoms with Crippen LogP contribution in [0.25, 0.3) is 0 Å². The minimum absolute atomic E-state index is 0.471. The van der Waals surface area contributed by atoms with Crippen molar-refractivity contribution in [2.75, 3.05) is 13.2 Å². The first-order chi connectivity index (χ1) is 6.11. The summed E-state index contributed by atoms with van der Waals surface area (Å²) in [5, 5.41) is 45.2. The Labute approximate surface area is 75.0 Å². The third-order valence-electron chi connectivity index (χ3n) is 2.17. The third kappa shape index (κ3) is 1.98. The van der Waals surface area contributed by atoms with Crippen molar-refractivity contribution in [3.63, 3.8) is 0 Å². The van der Waals surface area contributed by atoms with Crippen LogP contribution in [0, 0.1) is 0 Å². The van der Waals surface area contributed by atoms with Crippen LogP contribution in [0.5, 0.6) is 0 Å². The van der Waals surface area contributed by atoms with Gasteiger partial charge in [-0.1, -0.05) is 0 Å². The largest absolute Gasteiger partial charge is 0.394 e. The molecule has 0 amide bonds. The molecule has 0 bridgehead atoms. The van der Waals surface area contributed by atoms with E-state index in [1.54, 1.807) is 0 Å². The second-order valence-electron chi connectivity index (χ2n) is 3.05. The van der Waals surface area contributed by atoms with Crippen molar-refractivity contribution in [1.29, 1.82) is 0 Å². The van der Waals surface area contributed by atoms with Crippen molar-refractivity contribution >= 4 is 0 Å². The SMILES string of the molecule is OCC1O[C@H](CO)[C@@H](O)[C@H](O)[C@@H]1O. The third-order valence-corrected chi connectivity index (χ3v) is 2.17. The highest BCUT2D eigenvalue weighted by molar-refractivity contribution is 4.91. The van der Waals surface area contributed by atoms with Gasteiger partial charge in [-0.05, 0) is 0 Å². The van der Waals surface area contributed by atoms with Gasteiger partial charge < -0.3 is 30.3 Å². The molecule has 1 aliphatic rings. The van der Waals surface area contributed by atoms with Gasteiger partial charge in [0, 0.05) is 0 Å². The molecule has 1 heterocycles. The Morgan fingerprint density at radius 2 is 1.15 bits per heavy atom. The summed E-state index contributed by atoms with van der Waals surface area (Å²) < 4.78 is 4.92. The highest BCUT2D eigenvalue weighted by atomic mass is 16.6. The Morgan fingerprint density at radius 3 is 1.46 bits per heavy atom. The van der Waals surface area contributed by atoms with Crippen LogP contribution in [0.4, 0.5) is 0 Å². The molecule has 1 rings (SSSR count). The lowest BCUT2D eigenvalue weighted by atomic mass is 9.95. The summed E-state index contributed by atoms with van der Waals surface area (Å²) in [5.41, 5.74) is 0. The highest BCUT2D eigenvalue weighted by Crippen LogP contribution is 2.20. The topological polar surface area (TPSA) is 110 Å². The van der Waals surface area contributed by atoms with Gasteiger partial charge in [-0.15, -0.1) is 0 Å². The van der Waals surface area contributed by atoms with Crippen molar-refractivity contribution in [3.8, 4) is 0 Å². The van der Waals surface area contributed by atoms with Gasteiger partial charge in [0.1, 0.15) is 30.5 Å². The zero-order chi connectivity index (χ0) is 10.0. The van der Waals surface area contributed by atoms with Crippen LogP contribution in [-0.4, -0.2) is 69.3 Å². The quantitative estimate of drug-likeness (QED) is 0.317. The molecule has 0 aliphatic carbocycles. The molecule has 6 nitrogen and oxygen atoms in total. The van der Waals surface area contributed by atoms with Gasteiger partial charge in [0.25, 0.3) is 0 Å². The summed E-state index contributed by atoms with van der Waals surface area (Å²) in [6.45, 7) is -0.942. The first-order valence-corrected chi connectivity index (χ1v) is 4.03. The van der Waals surface area contributed by atoms with Crippen molar-refractivity contribution in [3.05, 3.63) is 0 Å². The van der Waals surface area contributed by atoms with Crippen molar-refractivity contribution in [2.45, 2.75) is 30.5 Å². The predicted octanol–water partition coefficient (Wildman–Crippen LogP) is -3.18. The Bertz CT molecular complexity index is 143. The van der Waals surface area contributed by atoms with Gasteiger partial charge in [0.2, 0.25) is 0 Å². The maximum absolute atomic E-state index is 9.25. The van der Waals surface area contributed by atoms with Gasteiger partial charge in [-0.3, -0.25) is 0 Å². The second kappa shape index (κ2) is 4.32. The molecule has 5 N–H and O–H groups in total. The second-order valence-corrected chi connectivity index (χ2v) is 3.05. The summed E-state index contributed by atoms with van der Waals surface area (Å²) >= 11 is 0. The summed E-state index contributed by atoms with van der Waals surface area (Å²) in [4.78, 5) is 0. The number of rotatable bonds is 2. The first-order valence-electron chi connectivity index (χ1n) is 4.03. The van der Waals surface area contributed by atoms with Crippen molar-refractivity contribution in [2.24, 2.45) is 0 Å². The Kier molecular flexibility index (Phi) is 3.60. The molecule has 1 fully saturated rings. The molecule has 0 spiro atoms. The summed E-state index contributed by atoms with van der Waals surface area (Å²) in [6.07, 6.45) is -5.99. The summed E-state index contributed by atoms with van der Waals surface area (Å²) in [6, 6.07) is 0. The van der Waals surface area contributed by atoms with Crippen LogP contribution in [0.1, 0.15) is 0 Å². The maximum atomic E-state index is 9.25. The van der Waals surface area contributed by atoms with E-state index in [1.165, 1.54) is 0 Å². The van der Waals surface area contributed by atoms with E-state index < -0.39 is 43.7 Å². The lowest BCUT2D eigenvalue weighted by Gasteiger charge is -2.39. The van der Waals surface area contributed by atoms with E-state index in [2.05, 4.69) is 0 Å². The molecule has 0 radical (unpaired) electrons. The van der Waals surface area contributed by atoms with E-state index in [1.807, 2.05) is 0 Å². The molecule has 13 heavy (non-hydrogen) atoms. The van der Waals surface area contributed by atoms with Crippen molar-refractivity contribution < 1.29 is 30.3 Å². The molecular formula is C7H14O6. The molecule has 6 heteroatoms. The van der Waals surface area contributed by atoms with Gasteiger partial charge in [0.05, 0.1) is 13.2 Å². The normalized spacial score (nSPS) is 46.4. The van der Waals surface area contributed by atoms with E-state index in [9.17, 15) is 15.3 Å². The predicted molar refractivity (Wildman–Crippen MR) is 40.9 cm³/mol. The fourth-order valence-electron chi connectivity index (χ4n) is 1.33. The first kappa shape index (κ1) is 10.8. The Hall–Kier alpha value is -0.240. The lowest BCUT2D eigenvalue weighted by Crippen LogP contribution is -2.59. The molecule has 0 aromatic carbocycles. The van der Waals surface area contributed by atoms with E-state index in [0.717, 1.165) is 0 Å². The van der Waals surface area contributed by atoms with Crippen LogP contribution < -0.4 is 0 Å². The average molecular weight is 194 g/mol. The van der Waals surface area contributed by atoms with Crippen molar-refractivity contribution in [1.82, 2.24) is 0 Å². The molecule has 0 aromatic heterocycles. The molecule has 1 aliphatic heterocycles. The van der Waals surface area contributed by atoms with Crippen LogP contribution >= 0.6 is 0 Å². The summed E-state index contributed by atoms with van der Waals surface area (Å²) in [5.74, 6) is 0. The molecule has 5 atom stereocenters. The van der Waals surface area contributed by atoms with Gasteiger partial charge >= 0.3 is 0 Å². The van der Waals surface area contributed by atoms with E-state index in [4.69, 9.17) is 14.9 Å². The Morgan fingerprint density at radius 1 is 0.769 bits per heavy atom. The van der Waals surface area contributed by atoms with E-state index in [-0.39, 0.29) is 0 Å². The fourth-order valence-corrected chi connectivity index (χ4v) is 1.33. The minimum Gasteiger partial charge on any atom is -0.394 e. The zero-order valence-corrected chi connectivity index (χ0v) is 6.95. The molecule has 0 aromatic rings. The molecular weight excluding hydrogens is 180 g/mol. The number of aliphatic hydroxyl groups is 5. The van der Waals surface area contributed by atoms with Crippen LogP contribution in [0.3, 0.4) is 0 Å². The molecule has 1 unspecified atom stereocenters. The van der Waals surface area contributed by atoms with E-state index >= 15 is 0 Å². The minimum atomic E-state index is -1.40. The number of hydrogen-bond acceptors (Lipinski definition) is 6.